The van der Waals surface area contributed by atoms with E-state index in [1.807, 2.05) is 0 Å². The van der Waals surface area contributed by atoms with E-state index in [9.17, 15) is 18.0 Å². The molecule has 0 atom stereocenters. The third-order valence-corrected chi connectivity index (χ3v) is 2.02. The van der Waals surface area contributed by atoms with E-state index >= 15 is 0 Å². The molecule has 0 fully saturated rings. The summed E-state index contributed by atoms with van der Waals surface area (Å²) in [6.45, 7) is 2.74. The second-order valence-corrected chi connectivity index (χ2v) is 3.66. The number of halogens is 3. The SMILES string of the molecule is CC(C)(N=C=O)c1ncccc1C(F)(F)F. The minimum absolute atomic E-state index is 0.286. The van der Waals surface area contributed by atoms with Crippen molar-refractivity contribution in [2.75, 3.05) is 0 Å². The van der Waals surface area contributed by atoms with Gasteiger partial charge in [0.2, 0.25) is 6.08 Å². The number of rotatable bonds is 2. The van der Waals surface area contributed by atoms with Gasteiger partial charge in [0.1, 0.15) is 5.54 Å². The largest absolute Gasteiger partial charge is 0.418 e. The summed E-state index contributed by atoms with van der Waals surface area (Å²) in [5.41, 5.74) is -2.52. The van der Waals surface area contributed by atoms with E-state index in [4.69, 9.17) is 0 Å². The normalized spacial score (nSPS) is 12.1. The molecule has 0 bridgehead atoms. The van der Waals surface area contributed by atoms with Gasteiger partial charge < -0.3 is 0 Å². The van der Waals surface area contributed by atoms with Crippen LogP contribution in [0.25, 0.3) is 0 Å². The Bertz CT molecular complexity index is 434. The summed E-state index contributed by atoms with van der Waals surface area (Å²) in [5.74, 6) is 0. The maximum absolute atomic E-state index is 12.6. The monoisotopic (exact) mass is 230 g/mol. The molecule has 1 aromatic heterocycles. The van der Waals surface area contributed by atoms with Gasteiger partial charge in [-0.15, -0.1) is 0 Å². The Kier molecular flexibility index (Phi) is 3.14. The number of pyridine rings is 1. The van der Waals surface area contributed by atoms with Crippen molar-refractivity contribution < 1.29 is 18.0 Å². The van der Waals surface area contributed by atoms with Crippen LogP contribution in [0.5, 0.6) is 0 Å². The summed E-state index contributed by atoms with van der Waals surface area (Å²) in [6, 6.07) is 2.09. The first-order valence-corrected chi connectivity index (χ1v) is 4.41. The molecule has 0 aliphatic carbocycles. The number of isocyanates is 1. The molecule has 1 rings (SSSR count). The maximum Gasteiger partial charge on any atom is 0.418 e. The fourth-order valence-electron chi connectivity index (χ4n) is 1.29. The number of aromatic nitrogens is 1. The summed E-state index contributed by atoms with van der Waals surface area (Å²) in [7, 11) is 0. The lowest BCUT2D eigenvalue weighted by atomic mass is 9.96. The minimum Gasteiger partial charge on any atom is -0.258 e. The van der Waals surface area contributed by atoms with E-state index in [0.29, 0.717) is 0 Å². The summed E-state index contributed by atoms with van der Waals surface area (Å²) < 4.78 is 37.9. The molecule has 0 aromatic carbocycles. The van der Waals surface area contributed by atoms with Gasteiger partial charge in [-0.25, -0.2) is 4.79 Å². The molecule has 16 heavy (non-hydrogen) atoms. The van der Waals surface area contributed by atoms with Crippen molar-refractivity contribution >= 4 is 6.08 Å². The van der Waals surface area contributed by atoms with E-state index < -0.39 is 17.3 Å². The molecule has 1 heterocycles. The highest BCUT2D eigenvalue weighted by molar-refractivity contribution is 5.38. The highest BCUT2D eigenvalue weighted by atomic mass is 19.4. The van der Waals surface area contributed by atoms with Crippen molar-refractivity contribution in [2.24, 2.45) is 4.99 Å². The summed E-state index contributed by atoms with van der Waals surface area (Å²) in [5, 5.41) is 0. The van der Waals surface area contributed by atoms with Crippen LogP contribution in [0.4, 0.5) is 13.2 Å². The molecule has 0 aliphatic rings. The Morgan fingerprint density at radius 2 is 2.00 bits per heavy atom. The summed E-state index contributed by atoms with van der Waals surface area (Å²) >= 11 is 0. The van der Waals surface area contributed by atoms with Crippen molar-refractivity contribution in [1.29, 1.82) is 0 Å². The van der Waals surface area contributed by atoms with Crippen molar-refractivity contribution in [3.8, 4) is 0 Å². The quantitative estimate of drug-likeness (QED) is 0.579. The van der Waals surface area contributed by atoms with E-state index in [2.05, 4.69) is 9.98 Å². The Balaban J connectivity index is 3.40. The molecule has 0 N–H and O–H groups in total. The number of hydrogen-bond donors (Lipinski definition) is 0. The molecule has 0 saturated heterocycles. The van der Waals surface area contributed by atoms with E-state index in [-0.39, 0.29) is 5.69 Å². The Hall–Kier alpha value is -1.68. The van der Waals surface area contributed by atoms with Gasteiger partial charge in [0.05, 0.1) is 11.3 Å². The molecule has 0 unspecified atom stereocenters. The lowest BCUT2D eigenvalue weighted by Crippen LogP contribution is -2.22. The van der Waals surface area contributed by atoms with Crippen LogP contribution in [0.3, 0.4) is 0 Å². The summed E-state index contributed by atoms with van der Waals surface area (Å²) in [6.07, 6.45) is -2.03. The van der Waals surface area contributed by atoms with Gasteiger partial charge in [-0.05, 0) is 26.0 Å². The zero-order valence-electron chi connectivity index (χ0n) is 8.67. The standard InChI is InChI=1S/C10H9F3N2O/c1-9(2,15-6-16)8-7(10(11,12)13)4-3-5-14-8/h3-5H,1-2H3. The molecule has 0 aliphatic heterocycles. The Labute approximate surface area is 90.0 Å². The molecule has 0 radical (unpaired) electrons. The predicted molar refractivity (Wildman–Crippen MR) is 50.4 cm³/mol. The second kappa shape index (κ2) is 4.06. The third kappa shape index (κ3) is 2.46. The first-order valence-electron chi connectivity index (χ1n) is 4.41. The van der Waals surface area contributed by atoms with Crippen molar-refractivity contribution in [1.82, 2.24) is 4.98 Å². The molecule has 3 nitrogen and oxygen atoms in total. The van der Waals surface area contributed by atoms with Gasteiger partial charge in [-0.3, -0.25) is 4.98 Å². The fourth-order valence-corrected chi connectivity index (χ4v) is 1.29. The Morgan fingerprint density at radius 3 is 2.50 bits per heavy atom. The zero-order chi connectivity index (χ0) is 12.4. The molecule has 6 heteroatoms. The lowest BCUT2D eigenvalue weighted by Gasteiger charge is -2.21. The fraction of sp³-hybridized carbons (Fsp3) is 0.400. The van der Waals surface area contributed by atoms with Crippen molar-refractivity contribution in [3.05, 3.63) is 29.6 Å². The number of nitrogens with zero attached hydrogens (tertiary/aromatic N) is 2. The topological polar surface area (TPSA) is 42.3 Å². The smallest absolute Gasteiger partial charge is 0.258 e. The van der Waals surface area contributed by atoms with Gasteiger partial charge in [-0.2, -0.15) is 18.2 Å². The lowest BCUT2D eigenvalue weighted by molar-refractivity contribution is -0.139. The average molecular weight is 230 g/mol. The van der Waals surface area contributed by atoms with Crippen LogP contribution >= 0.6 is 0 Å². The molecular weight excluding hydrogens is 221 g/mol. The minimum atomic E-state index is -4.51. The first-order chi connectivity index (χ1) is 7.29. The predicted octanol–water partition coefficient (Wildman–Crippen LogP) is 2.67. The van der Waals surface area contributed by atoms with E-state index in [1.165, 1.54) is 32.2 Å². The number of aliphatic imine (C=N–C) groups is 1. The number of carbonyl (C=O) groups excluding carboxylic acids is 1. The molecule has 0 amide bonds. The van der Waals surface area contributed by atoms with Crippen molar-refractivity contribution in [3.63, 3.8) is 0 Å². The van der Waals surface area contributed by atoms with Crippen LogP contribution in [0.1, 0.15) is 25.1 Å². The van der Waals surface area contributed by atoms with Crippen molar-refractivity contribution in [2.45, 2.75) is 25.6 Å². The number of alkyl halides is 3. The molecule has 1 aromatic rings. The third-order valence-electron chi connectivity index (χ3n) is 2.02. The van der Waals surface area contributed by atoms with Crippen LogP contribution in [0.15, 0.2) is 23.3 Å². The van der Waals surface area contributed by atoms with Crippen LogP contribution in [-0.2, 0) is 16.5 Å². The van der Waals surface area contributed by atoms with Crippen LogP contribution in [-0.4, -0.2) is 11.1 Å². The van der Waals surface area contributed by atoms with Crippen LogP contribution in [0, 0.1) is 0 Å². The Morgan fingerprint density at radius 1 is 1.38 bits per heavy atom. The number of hydrogen-bond acceptors (Lipinski definition) is 3. The van der Waals surface area contributed by atoms with E-state index in [1.54, 1.807) is 0 Å². The van der Waals surface area contributed by atoms with Gasteiger partial charge in [0, 0.05) is 6.20 Å². The molecule has 0 saturated carbocycles. The highest BCUT2D eigenvalue weighted by Crippen LogP contribution is 2.36. The van der Waals surface area contributed by atoms with Gasteiger partial charge in [-0.1, -0.05) is 0 Å². The summed E-state index contributed by atoms with van der Waals surface area (Å²) in [4.78, 5) is 17.1. The zero-order valence-corrected chi connectivity index (χ0v) is 8.67. The van der Waals surface area contributed by atoms with Gasteiger partial charge in [0.25, 0.3) is 0 Å². The van der Waals surface area contributed by atoms with Gasteiger partial charge >= 0.3 is 6.18 Å². The average Bonchev–Trinajstić information content (AvgIpc) is 2.16. The van der Waals surface area contributed by atoms with E-state index in [0.717, 1.165) is 6.07 Å². The second-order valence-electron chi connectivity index (χ2n) is 3.66. The van der Waals surface area contributed by atoms with Gasteiger partial charge in [0.15, 0.2) is 0 Å². The van der Waals surface area contributed by atoms with Crippen LogP contribution in [0.2, 0.25) is 0 Å². The maximum atomic E-state index is 12.6. The highest BCUT2D eigenvalue weighted by Gasteiger charge is 2.38. The van der Waals surface area contributed by atoms with Crippen LogP contribution < -0.4 is 0 Å². The first kappa shape index (κ1) is 12.4. The molecular formula is C10H9F3N2O. The molecule has 86 valence electrons. The molecule has 0 spiro atoms.